The fourth-order valence-corrected chi connectivity index (χ4v) is 1.97. The molecule has 1 unspecified atom stereocenters. The van der Waals surface area contributed by atoms with Gasteiger partial charge in [-0.1, -0.05) is 19.9 Å². The Hall–Kier alpha value is -1.15. The zero-order chi connectivity index (χ0) is 11.8. The zero-order valence-corrected chi connectivity index (χ0v) is 10.4. The molecule has 0 amide bonds. The summed E-state index contributed by atoms with van der Waals surface area (Å²) in [7, 11) is 0. The largest absolute Gasteiger partial charge is 0.310 e. The van der Waals surface area contributed by atoms with Crippen molar-refractivity contribution in [1.82, 2.24) is 10.3 Å². The fraction of sp³-hybridized carbons (Fsp3) is 0.500. The fourth-order valence-electron chi connectivity index (χ4n) is 1.97. The Labute approximate surface area is 98.8 Å². The molecule has 2 nitrogen and oxygen atoms in total. The van der Waals surface area contributed by atoms with Crippen molar-refractivity contribution in [2.24, 2.45) is 0 Å². The van der Waals surface area contributed by atoms with E-state index in [-0.39, 0.29) is 0 Å². The van der Waals surface area contributed by atoms with Gasteiger partial charge in [-0.05, 0) is 43.0 Å². The molecule has 1 aromatic heterocycles. The van der Waals surface area contributed by atoms with E-state index in [1.165, 1.54) is 11.1 Å². The summed E-state index contributed by atoms with van der Waals surface area (Å²) in [4.78, 5) is 4.19. The van der Waals surface area contributed by atoms with Crippen molar-refractivity contribution in [2.75, 3.05) is 6.54 Å². The molecule has 1 aromatic rings. The molecule has 1 atom stereocenters. The summed E-state index contributed by atoms with van der Waals surface area (Å²) in [6.45, 7) is 9.11. The Balaban J connectivity index is 2.85. The van der Waals surface area contributed by atoms with Crippen molar-refractivity contribution in [1.29, 1.82) is 0 Å². The number of nitrogens with one attached hydrogen (secondary N) is 1. The van der Waals surface area contributed by atoms with Crippen molar-refractivity contribution in [3.63, 3.8) is 0 Å². The first kappa shape index (κ1) is 12.9. The van der Waals surface area contributed by atoms with E-state index in [1.54, 1.807) is 0 Å². The topological polar surface area (TPSA) is 24.9 Å². The Morgan fingerprint density at radius 1 is 1.50 bits per heavy atom. The van der Waals surface area contributed by atoms with E-state index >= 15 is 0 Å². The van der Waals surface area contributed by atoms with Gasteiger partial charge in [-0.3, -0.25) is 4.98 Å². The average molecular weight is 218 g/mol. The molecule has 0 aromatic carbocycles. The third-order valence-electron chi connectivity index (χ3n) is 2.81. The van der Waals surface area contributed by atoms with Gasteiger partial charge in [0.1, 0.15) is 0 Å². The predicted octanol–water partition coefficient (Wildman–Crippen LogP) is 3.26. The number of hydrogen-bond donors (Lipinski definition) is 1. The average Bonchev–Trinajstić information content (AvgIpc) is 2.34. The van der Waals surface area contributed by atoms with Gasteiger partial charge >= 0.3 is 0 Å². The molecule has 16 heavy (non-hydrogen) atoms. The lowest BCUT2D eigenvalue weighted by Gasteiger charge is -2.20. The van der Waals surface area contributed by atoms with Gasteiger partial charge in [-0.25, -0.2) is 0 Å². The van der Waals surface area contributed by atoms with Crippen LogP contribution in [0, 0.1) is 0 Å². The molecule has 2 heteroatoms. The number of aromatic nitrogens is 1. The van der Waals surface area contributed by atoms with E-state index in [2.05, 4.69) is 36.8 Å². The molecule has 0 saturated carbocycles. The van der Waals surface area contributed by atoms with E-state index in [0.29, 0.717) is 6.04 Å². The normalized spacial score (nSPS) is 12.4. The summed E-state index contributed by atoms with van der Waals surface area (Å²) in [6.07, 6.45) is 9.04. The van der Waals surface area contributed by atoms with Crippen molar-refractivity contribution in [3.05, 3.63) is 42.2 Å². The van der Waals surface area contributed by atoms with Gasteiger partial charge in [0.2, 0.25) is 0 Å². The Bertz CT molecular complexity index is 320. The highest BCUT2D eigenvalue weighted by Crippen LogP contribution is 2.22. The van der Waals surface area contributed by atoms with Crippen LogP contribution >= 0.6 is 0 Å². The number of hydrogen-bond acceptors (Lipinski definition) is 2. The van der Waals surface area contributed by atoms with Crippen molar-refractivity contribution >= 4 is 0 Å². The van der Waals surface area contributed by atoms with Gasteiger partial charge in [0.05, 0.1) is 0 Å². The van der Waals surface area contributed by atoms with Crippen LogP contribution in [0.1, 0.15) is 43.9 Å². The number of nitrogens with zero attached hydrogens (tertiary/aromatic N) is 1. The first-order chi connectivity index (χ1) is 7.83. The summed E-state index contributed by atoms with van der Waals surface area (Å²) in [6, 6.07) is 2.57. The van der Waals surface area contributed by atoms with Gasteiger partial charge in [0, 0.05) is 18.4 Å². The lowest BCUT2D eigenvalue weighted by Crippen LogP contribution is -2.22. The molecule has 0 radical (unpaired) electrons. The Morgan fingerprint density at radius 3 is 2.94 bits per heavy atom. The van der Waals surface area contributed by atoms with Gasteiger partial charge < -0.3 is 5.32 Å². The van der Waals surface area contributed by atoms with Crippen LogP contribution in [-0.4, -0.2) is 11.5 Å². The Morgan fingerprint density at radius 2 is 2.31 bits per heavy atom. The highest BCUT2D eigenvalue weighted by atomic mass is 14.9. The van der Waals surface area contributed by atoms with E-state index in [4.69, 9.17) is 0 Å². The van der Waals surface area contributed by atoms with Gasteiger partial charge in [-0.15, -0.1) is 6.58 Å². The van der Waals surface area contributed by atoms with E-state index in [9.17, 15) is 0 Å². The molecule has 0 spiro atoms. The molecule has 0 aliphatic heterocycles. The van der Waals surface area contributed by atoms with Crippen LogP contribution in [0.15, 0.2) is 31.1 Å². The van der Waals surface area contributed by atoms with Crippen LogP contribution in [0.5, 0.6) is 0 Å². The smallest absolute Gasteiger partial charge is 0.0326 e. The number of allylic oxidation sites excluding steroid dienone is 1. The maximum Gasteiger partial charge on any atom is 0.0326 e. The van der Waals surface area contributed by atoms with Crippen molar-refractivity contribution in [2.45, 2.75) is 39.2 Å². The van der Waals surface area contributed by atoms with Gasteiger partial charge in [0.25, 0.3) is 0 Å². The molecule has 0 aliphatic carbocycles. The van der Waals surface area contributed by atoms with Crippen molar-refractivity contribution in [3.8, 4) is 0 Å². The van der Waals surface area contributed by atoms with E-state index in [0.717, 1.165) is 25.8 Å². The van der Waals surface area contributed by atoms with Crippen molar-refractivity contribution < 1.29 is 0 Å². The molecular formula is C14H22N2. The van der Waals surface area contributed by atoms with Gasteiger partial charge in [-0.2, -0.15) is 0 Å². The van der Waals surface area contributed by atoms with E-state index in [1.807, 2.05) is 18.5 Å². The molecule has 1 heterocycles. The first-order valence-electron chi connectivity index (χ1n) is 6.10. The molecule has 88 valence electrons. The Kier molecular flexibility index (Phi) is 5.79. The molecule has 1 N–H and O–H groups in total. The summed E-state index contributed by atoms with van der Waals surface area (Å²) < 4.78 is 0. The molecule has 0 bridgehead atoms. The predicted molar refractivity (Wildman–Crippen MR) is 69.5 cm³/mol. The van der Waals surface area contributed by atoms with Crippen LogP contribution in [0.4, 0.5) is 0 Å². The van der Waals surface area contributed by atoms with Crippen LogP contribution < -0.4 is 5.32 Å². The van der Waals surface area contributed by atoms with E-state index < -0.39 is 0 Å². The first-order valence-corrected chi connectivity index (χ1v) is 6.10. The second-order valence-electron chi connectivity index (χ2n) is 3.90. The molecular weight excluding hydrogens is 196 g/mol. The number of aryl methyl sites for hydroxylation is 1. The minimum Gasteiger partial charge on any atom is -0.310 e. The minimum absolute atomic E-state index is 0.431. The SMILES string of the molecule is C=CCCC(NCC)c1ccncc1CC. The highest BCUT2D eigenvalue weighted by Gasteiger charge is 2.12. The van der Waals surface area contributed by atoms with Crippen LogP contribution in [0.3, 0.4) is 0 Å². The standard InChI is InChI=1S/C14H22N2/c1-4-7-8-14(16-6-3)13-9-10-15-11-12(13)5-2/h4,9-11,14,16H,1,5-8H2,2-3H3. The molecule has 0 fully saturated rings. The second-order valence-corrected chi connectivity index (χ2v) is 3.90. The maximum absolute atomic E-state index is 4.19. The summed E-state index contributed by atoms with van der Waals surface area (Å²) in [5, 5.41) is 3.53. The third-order valence-corrected chi connectivity index (χ3v) is 2.81. The van der Waals surface area contributed by atoms with Crippen LogP contribution in [-0.2, 0) is 6.42 Å². The van der Waals surface area contributed by atoms with Crippen LogP contribution in [0.2, 0.25) is 0 Å². The lowest BCUT2D eigenvalue weighted by molar-refractivity contribution is 0.515. The van der Waals surface area contributed by atoms with Crippen LogP contribution in [0.25, 0.3) is 0 Å². The third kappa shape index (κ3) is 3.46. The summed E-state index contributed by atoms with van der Waals surface area (Å²) in [5.41, 5.74) is 2.73. The molecule has 0 saturated heterocycles. The molecule has 1 rings (SSSR count). The quantitative estimate of drug-likeness (QED) is 0.711. The minimum atomic E-state index is 0.431. The highest BCUT2D eigenvalue weighted by molar-refractivity contribution is 5.26. The zero-order valence-electron chi connectivity index (χ0n) is 10.4. The van der Waals surface area contributed by atoms with Gasteiger partial charge in [0.15, 0.2) is 0 Å². The summed E-state index contributed by atoms with van der Waals surface area (Å²) >= 11 is 0. The molecule has 0 aliphatic rings. The lowest BCUT2D eigenvalue weighted by atomic mass is 9.97. The number of rotatable bonds is 7. The number of pyridine rings is 1. The monoisotopic (exact) mass is 218 g/mol. The maximum atomic E-state index is 4.19. The summed E-state index contributed by atoms with van der Waals surface area (Å²) in [5.74, 6) is 0. The second kappa shape index (κ2) is 7.18.